The van der Waals surface area contributed by atoms with Crippen molar-refractivity contribution in [1.82, 2.24) is 9.80 Å². The largest absolute Gasteiger partial charge is 0.496 e. The van der Waals surface area contributed by atoms with E-state index < -0.39 is 0 Å². The Bertz CT molecular complexity index is 504. The molecular formula is C17H24N2O2. The predicted octanol–water partition coefficient (Wildman–Crippen LogP) is 2.18. The molecule has 2 saturated heterocycles. The first-order valence-electron chi connectivity index (χ1n) is 7.88. The molecule has 2 aliphatic rings. The maximum atomic E-state index is 11.0. The maximum Gasteiger partial charge on any atom is 0.150 e. The van der Waals surface area contributed by atoms with Gasteiger partial charge < -0.3 is 4.74 Å². The van der Waals surface area contributed by atoms with Crippen molar-refractivity contribution in [1.29, 1.82) is 0 Å². The van der Waals surface area contributed by atoms with Gasteiger partial charge in [0.15, 0.2) is 0 Å². The molecule has 0 aromatic heterocycles. The van der Waals surface area contributed by atoms with Gasteiger partial charge in [-0.1, -0.05) is 0 Å². The van der Waals surface area contributed by atoms with Crippen molar-refractivity contribution in [2.24, 2.45) is 0 Å². The lowest BCUT2D eigenvalue weighted by Crippen LogP contribution is -2.36. The highest BCUT2D eigenvalue weighted by atomic mass is 16.5. The fraction of sp³-hybridized carbons (Fsp3) is 0.588. The number of ether oxygens (including phenoxy) is 1. The number of benzene rings is 1. The van der Waals surface area contributed by atoms with Crippen LogP contribution in [-0.2, 0) is 6.54 Å². The third-order valence-electron chi connectivity index (χ3n) is 4.72. The molecule has 4 heteroatoms. The lowest BCUT2D eigenvalue weighted by molar-refractivity contribution is 0.112. The Morgan fingerprint density at radius 1 is 1.29 bits per heavy atom. The van der Waals surface area contributed by atoms with Gasteiger partial charge in [0.1, 0.15) is 12.0 Å². The number of hydrogen-bond donors (Lipinski definition) is 0. The number of rotatable bonds is 4. The monoisotopic (exact) mass is 288 g/mol. The van der Waals surface area contributed by atoms with Crippen LogP contribution in [0.15, 0.2) is 18.2 Å². The highest BCUT2D eigenvalue weighted by Crippen LogP contribution is 2.25. The minimum Gasteiger partial charge on any atom is -0.496 e. The van der Waals surface area contributed by atoms with Gasteiger partial charge in [0, 0.05) is 30.3 Å². The van der Waals surface area contributed by atoms with Gasteiger partial charge in [-0.05, 0) is 57.1 Å². The van der Waals surface area contributed by atoms with E-state index in [4.69, 9.17) is 4.74 Å². The molecule has 3 rings (SSSR count). The Labute approximate surface area is 126 Å². The summed E-state index contributed by atoms with van der Waals surface area (Å²) in [5.74, 6) is 0.883. The molecule has 0 saturated carbocycles. The smallest absolute Gasteiger partial charge is 0.150 e. The zero-order valence-corrected chi connectivity index (χ0v) is 12.8. The van der Waals surface area contributed by atoms with Crippen LogP contribution in [0.25, 0.3) is 0 Å². The molecule has 1 aromatic carbocycles. The van der Waals surface area contributed by atoms with Crippen LogP contribution in [0.5, 0.6) is 5.75 Å². The summed E-state index contributed by atoms with van der Waals surface area (Å²) in [4.78, 5) is 16.1. The Kier molecular flexibility index (Phi) is 4.56. The summed E-state index contributed by atoms with van der Waals surface area (Å²) in [5, 5.41) is 0. The number of carbonyl (C=O) groups is 1. The normalized spacial score (nSPS) is 23.6. The molecule has 1 atom stereocenters. The van der Waals surface area contributed by atoms with Gasteiger partial charge in [-0.25, -0.2) is 0 Å². The topological polar surface area (TPSA) is 32.8 Å². The van der Waals surface area contributed by atoms with E-state index in [1.54, 1.807) is 7.11 Å². The Morgan fingerprint density at radius 2 is 2.14 bits per heavy atom. The van der Waals surface area contributed by atoms with E-state index >= 15 is 0 Å². The summed E-state index contributed by atoms with van der Waals surface area (Å²) >= 11 is 0. The van der Waals surface area contributed by atoms with Crippen LogP contribution < -0.4 is 4.74 Å². The molecule has 2 aliphatic heterocycles. The van der Waals surface area contributed by atoms with Crippen LogP contribution in [0.1, 0.15) is 35.2 Å². The molecule has 21 heavy (non-hydrogen) atoms. The first-order chi connectivity index (χ1) is 10.3. The third kappa shape index (κ3) is 3.27. The number of methoxy groups -OCH3 is 1. The van der Waals surface area contributed by atoms with Crippen molar-refractivity contribution < 1.29 is 9.53 Å². The van der Waals surface area contributed by atoms with Gasteiger partial charge in [0.2, 0.25) is 0 Å². The molecule has 1 aromatic rings. The van der Waals surface area contributed by atoms with Crippen LogP contribution in [0.2, 0.25) is 0 Å². The van der Waals surface area contributed by atoms with E-state index in [1.165, 1.54) is 32.4 Å². The fourth-order valence-corrected chi connectivity index (χ4v) is 3.66. The van der Waals surface area contributed by atoms with E-state index in [0.717, 1.165) is 42.8 Å². The molecule has 0 radical (unpaired) electrons. The molecule has 0 aliphatic carbocycles. The molecule has 4 nitrogen and oxygen atoms in total. The number of hydrogen-bond acceptors (Lipinski definition) is 4. The first-order valence-corrected chi connectivity index (χ1v) is 7.88. The van der Waals surface area contributed by atoms with Crippen LogP contribution >= 0.6 is 0 Å². The highest BCUT2D eigenvalue weighted by Gasteiger charge is 2.28. The maximum absolute atomic E-state index is 11.0. The van der Waals surface area contributed by atoms with Crippen molar-refractivity contribution in [2.45, 2.75) is 31.8 Å². The van der Waals surface area contributed by atoms with Crippen LogP contribution in [0.3, 0.4) is 0 Å². The van der Waals surface area contributed by atoms with Gasteiger partial charge in [-0.2, -0.15) is 0 Å². The molecule has 114 valence electrons. The molecule has 0 bridgehead atoms. The minimum atomic E-state index is 0.716. The van der Waals surface area contributed by atoms with Crippen molar-refractivity contribution in [3.05, 3.63) is 29.3 Å². The molecule has 2 heterocycles. The van der Waals surface area contributed by atoms with Gasteiger partial charge in [0.05, 0.1) is 7.11 Å². The average Bonchev–Trinajstić information content (AvgIpc) is 2.86. The zero-order valence-electron chi connectivity index (χ0n) is 12.8. The molecule has 0 spiro atoms. The van der Waals surface area contributed by atoms with Crippen molar-refractivity contribution >= 4 is 6.29 Å². The third-order valence-corrected chi connectivity index (χ3v) is 4.72. The Balaban J connectivity index is 1.74. The average molecular weight is 288 g/mol. The van der Waals surface area contributed by atoms with Gasteiger partial charge in [-0.3, -0.25) is 14.6 Å². The van der Waals surface area contributed by atoms with Crippen molar-refractivity contribution in [3.63, 3.8) is 0 Å². The molecule has 2 fully saturated rings. The lowest BCUT2D eigenvalue weighted by atomic mass is 10.1. The second kappa shape index (κ2) is 6.58. The van der Waals surface area contributed by atoms with Crippen molar-refractivity contribution in [2.75, 3.05) is 33.3 Å². The first kappa shape index (κ1) is 14.5. The zero-order chi connectivity index (χ0) is 14.7. The quantitative estimate of drug-likeness (QED) is 0.795. The van der Waals surface area contributed by atoms with Crippen LogP contribution in [-0.4, -0.2) is 55.4 Å². The van der Waals surface area contributed by atoms with E-state index in [9.17, 15) is 4.79 Å². The van der Waals surface area contributed by atoms with Gasteiger partial charge in [-0.15, -0.1) is 0 Å². The number of fused-ring (bicyclic) bond motifs is 1. The fourth-order valence-electron chi connectivity index (χ4n) is 3.66. The Hall–Kier alpha value is -1.39. The molecule has 0 N–H and O–H groups in total. The number of aldehydes is 1. The number of carbonyl (C=O) groups excluding carboxylic acids is 1. The SMILES string of the molecule is COc1ccc(C=O)cc1CN1CCCN2CCCC2C1. The summed E-state index contributed by atoms with van der Waals surface area (Å²) in [7, 11) is 1.69. The Morgan fingerprint density at radius 3 is 2.95 bits per heavy atom. The molecular weight excluding hydrogens is 264 g/mol. The standard InChI is InChI=1S/C17H24N2O2/c1-21-17-6-5-14(13-20)10-15(17)11-18-7-3-9-19-8-2-4-16(19)12-18/h5-6,10,13,16H,2-4,7-9,11-12H2,1H3. The summed E-state index contributed by atoms with van der Waals surface area (Å²) in [6.45, 7) is 5.63. The van der Waals surface area contributed by atoms with E-state index in [1.807, 2.05) is 18.2 Å². The summed E-state index contributed by atoms with van der Waals surface area (Å²) in [5.41, 5.74) is 1.84. The van der Waals surface area contributed by atoms with Crippen molar-refractivity contribution in [3.8, 4) is 5.75 Å². The highest BCUT2D eigenvalue weighted by molar-refractivity contribution is 5.75. The second-order valence-corrected chi connectivity index (χ2v) is 6.11. The molecule has 1 unspecified atom stereocenters. The van der Waals surface area contributed by atoms with Crippen LogP contribution in [0, 0.1) is 0 Å². The minimum absolute atomic E-state index is 0.716. The van der Waals surface area contributed by atoms with Crippen LogP contribution in [0.4, 0.5) is 0 Å². The second-order valence-electron chi connectivity index (χ2n) is 6.11. The van der Waals surface area contributed by atoms with Gasteiger partial charge in [0.25, 0.3) is 0 Å². The van der Waals surface area contributed by atoms with E-state index in [0.29, 0.717) is 6.04 Å². The number of nitrogens with zero attached hydrogens (tertiary/aromatic N) is 2. The predicted molar refractivity (Wildman–Crippen MR) is 82.9 cm³/mol. The molecule has 0 amide bonds. The van der Waals surface area contributed by atoms with Gasteiger partial charge >= 0.3 is 0 Å². The lowest BCUT2D eigenvalue weighted by Gasteiger charge is -2.26. The summed E-state index contributed by atoms with van der Waals surface area (Å²) in [6, 6.07) is 6.39. The summed E-state index contributed by atoms with van der Waals surface area (Å²) in [6.07, 6.45) is 4.79. The van der Waals surface area contributed by atoms with E-state index in [2.05, 4.69) is 9.80 Å². The van der Waals surface area contributed by atoms with E-state index in [-0.39, 0.29) is 0 Å². The summed E-state index contributed by atoms with van der Waals surface area (Å²) < 4.78 is 5.45.